The second-order valence-corrected chi connectivity index (χ2v) is 20.3. The number of nitrogens with one attached hydrogen (secondary N) is 2. The molecule has 0 aliphatic carbocycles. The number of aromatic nitrogens is 1. The maximum atomic E-state index is 13.7. The van der Waals surface area contributed by atoms with Gasteiger partial charge in [0.25, 0.3) is 10.0 Å². The first-order valence-electron chi connectivity index (χ1n) is 21.9. The maximum Gasteiger partial charge on any atom is 0.353 e. The molecule has 3 heterocycles. The maximum absolute atomic E-state index is 13.7. The van der Waals surface area contributed by atoms with Gasteiger partial charge in [0.2, 0.25) is 0 Å². The van der Waals surface area contributed by atoms with E-state index in [4.69, 9.17) is 23.2 Å². The second-order valence-electron chi connectivity index (χ2n) is 16.7. The highest BCUT2D eigenvalue weighted by Gasteiger charge is 2.28. The van der Waals surface area contributed by atoms with Crippen molar-refractivity contribution in [2.45, 2.75) is 48.1 Å². The molecule has 0 saturated carbocycles. The molecule has 2 aliphatic heterocycles. The average molecular weight is 954 g/mol. The SMILES string of the molecule is Cc1cc(S(=O)(=O)Nc2ccc(N3CCN(c4cccc(-c5c(-c6ccc(Cl)cc6)c(Cl)n(C)c5C(=O)O)c4)CC3)cc2)ccc1N[C@H](CCN1CCC(O)CC1)CSc1ccccc1. The Morgan fingerprint density at radius 3 is 2.12 bits per heavy atom. The molecule has 5 aromatic carbocycles. The summed E-state index contributed by atoms with van der Waals surface area (Å²) in [5, 5.41) is 24.9. The van der Waals surface area contributed by atoms with Gasteiger partial charge in [0, 0.05) is 108 Å². The van der Waals surface area contributed by atoms with Gasteiger partial charge in [-0.3, -0.25) is 4.72 Å². The monoisotopic (exact) mass is 952 g/mol. The number of carboxylic acid groups (broad SMARTS) is 1. The molecule has 0 spiro atoms. The molecule has 0 radical (unpaired) electrons. The van der Waals surface area contributed by atoms with E-state index < -0.39 is 16.0 Å². The molecule has 8 rings (SSSR count). The fraction of sp³-hybridized carbons (Fsp3) is 0.300. The van der Waals surface area contributed by atoms with Gasteiger partial charge in [0.1, 0.15) is 10.8 Å². The summed E-state index contributed by atoms with van der Waals surface area (Å²) in [6.45, 7) is 7.58. The number of sulfonamides is 1. The van der Waals surface area contributed by atoms with Crippen LogP contribution in [0.15, 0.2) is 131 Å². The van der Waals surface area contributed by atoms with E-state index in [1.54, 1.807) is 55.2 Å². The molecule has 65 heavy (non-hydrogen) atoms. The molecule has 2 aliphatic rings. The van der Waals surface area contributed by atoms with Gasteiger partial charge in [-0.15, -0.1) is 11.8 Å². The zero-order valence-electron chi connectivity index (χ0n) is 36.5. The lowest BCUT2D eigenvalue weighted by molar-refractivity contribution is 0.0687. The van der Waals surface area contributed by atoms with Gasteiger partial charge in [-0.2, -0.15) is 0 Å². The number of likely N-dealkylation sites (tertiary alicyclic amines) is 1. The largest absolute Gasteiger partial charge is 0.477 e. The second kappa shape index (κ2) is 20.6. The number of carbonyl (C=O) groups is 1. The van der Waals surface area contributed by atoms with Crippen molar-refractivity contribution >= 4 is 73.7 Å². The molecule has 0 unspecified atom stereocenters. The van der Waals surface area contributed by atoms with Gasteiger partial charge in [-0.1, -0.05) is 65.7 Å². The Labute approximate surface area is 396 Å². The fourth-order valence-electron chi connectivity index (χ4n) is 8.68. The van der Waals surface area contributed by atoms with Crippen LogP contribution in [-0.2, 0) is 17.1 Å². The molecule has 4 N–H and O–H groups in total. The quantitative estimate of drug-likeness (QED) is 0.0696. The minimum absolute atomic E-state index is 0.106. The average Bonchev–Trinajstić information content (AvgIpc) is 3.58. The first-order valence-corrected chi connectivity index (χ1v) is 25.1. The van der Waals surface area contributed by atoms with E-state index in [-0.39, 0.29) is 22.7 Å². The summed E-state index contributed by atoms with van der Waals surface area (Å²) in [6.07, 6.45) is 2.33. The molecule has 1 atom stereocenters. The first kappa shape index (κ1) is 46.4. The van der Waals surface area contributed by atoms with Gasteiger partial charge < -0.3 is 34.8 Å². The molecule has 340 valence electrons. The van der Waals surface area contributed by atoms with E-state index in [2.05, 4.69) is 36.9 Å². The van der Waals surface area contributed by atoms with Crippen LogP contribution in [0.3, 0.4) is 0 Å². The Morgan fingerprint density at radius 2 is 1.46 bits per heavy atom. The van der Waals surface area contributed by atoms with Crippen molar-refractivity contribution < 1.29 is 23.4 Å². The topological polar surface area (TPSA) is 130 Å². The summed E-state index contributed by atoms with van der Waals surface area (Å²) >= 11 is 14.8. The third-order valence-corrected chi connectivity index (χ3v) is 15.6. The highest BCUT2D eigenvalue weighted by molar-refractivity contribution is 7.99. The Balaban J connectivity index is 0.893. The van der Waals surface area contributed by atoms with Crippen LogP contribution >= 0.6 is 35.0 Å². The summed E-state index contributed by atoms with van der Waals surface area (Å²) in [6, 6.07) is 38.4. The predicted octanol–water partition coefficient (Wildman–Crippen LogP) is 10.2. The zero-order valence-corrected chi connectivity index (χ0v) is 39.6. The number of anilines is 4. The van der Waals surface area contributed by atoms with Crippen LogP contribution in [0.5, 0.6) is 0 Å². The number of benzene rings is 5. The number of aromatic carboxylic acids is 1. The molecule has 11 nitrogen and oxygen atoms in total. The van der Waals surface area contributed by atoms with Crippen LogP contribution < -0.4 is 19.8 Å². The van der Waals surface area contributed by atoms with Crippen molar-refractivity contribution in [3.63, 3.8) is 0 Å². The van der Waals surface area contributed by atoms with Crippen LogP contribution in [0, 0.1) is 6.92 Å². The lowest BCUT2D eigenvalue weighted by Gasteiger charge is -2.37. The number of hydrogen-bond acceptors (Lipinski definition) is 9. The number of thioether (sulfide) groups is 1. The molecular formula is C50H54Cl2N6O5S2. The van der Waals surface area contributed by atoms with E-state index in [0.717, 1.165) is 105 Å². The third-order valence-electron chi connectivity index (χ3n) is 12.3. The van der Waals surface area contributed by atoms with Gasteiger partial charge in [-0.25, -0.2) is 13.2 Å². The fourth-order valence-corrected chi connectivity index (χ4v) is 11.2. The van der Waals surface area contributed by atoms with Gasteiger partial charge in [-0.05, 0) is 122 Å². The highest BCUT2D eigenvalue weighted by Crippen LogP contribution is 2.43. The van der Waals surface area contributed by atoms with E-state index in [9.17, 15) is 23.4 Å². The number of aliphatic hydroxyl groups is 1. The lowest BCUT2D eigenvalue weighted by Crippen LogP contribution is -2.46. The zero-order chi connectivity index (χ0) is 45.7. The van der Waals surface area contributed by atoms with Crippen molar-refractivity contribution in [1.82, 2.24) is 9.47 Å². The molecule has 2 saturated heterocycles. The van der Waals surface area contributed by atoms with Crippen LogP contribution in [0.1, 0.15) is 35.3 Å². The molecule has 0 amide bonds. The molecule has 6 aromatic rings. The minimum Gasteiger partial charge on any atom is -0.477 e. The lowest BCUT2D eigenvalue weighted by atomic mass is 9.96. The smallest absolute Gasteiger partial charge is 0.353 e. The molecular weight excluding hydrogens is 900 g/mol. The molecule has 2 fully saturated rings. The summed E-state index contributed by atoms with van der Waals surface area (Å²) in [5.41, 5.74) is 7.01. The van der Waals surface area contributed by atoms with Crippen LogP contribution in [0.2, 0.25) is 10.2 Å². The molecule has 0 bridgehead atoms. The Hall–Kier alpha value is -5.15. The number of carboxylic acids is 1. The number of rotatable bonds is 16. The highest BCUT2D eigenvalue weighted by atomic mass is 35.5. The summed E-state index contributed by atoms with van der Waals surface area (Å²) in [7, 11) is -2.20. The number of piperidine rings is 1. The molecule has 1 aromatic heterocycles. The normalized spacial score (nSPS) is 15.5. The van der Waals surface area contributed by atoms with Gasteiger partial charge in [0.15, 0.2) is 0 Å². The summed E-state index contributed by atoms with van der Waals surface area (Å²) in [5.74, 6) is -0.212. The van der Waals surface area contributed by atoms with E-state index >= 15 is 0 Å². The van der Waals surface area contributed by atoms with E-state index in [1.165, 1.54) is 9.46 Å². The minimum atomic E-state index is -3.86. The number of aryl methyl sites for hydroxylation is 1. The number of halogens is 2. The van der Waals surface area contributed by atoms with Crippen LogP contribution in [0.25, 0.3) is 22.3 Å². The van der Waals surface area contributed by atoms with Crippen LogP contribution in [0.4, 0.5) is 22.7 Å². The number of aliphatic hydroxyl groups excluding tert-OH is 1. The first-order chi connectivity index (χ1) is 31.3. The third kappa shape index (κ3) is 11.1. The van der Waals surface area contributed by atoms with Crippen molar-refractivity contribution in [3.05, 3.63) is 143 Å². The van der Waals surface area contributed by atoms with Crippen LogP contribution in [-0.4, -0.2) is 97.8 Å². The van der Waals surface area contributed by atoms with Gasteiger partial charge in [0.05, 0.1) is 11.0 Å². The predicted molar refractivity (Wildman–Crippen MR) is 267 cm³/mol. The Morgan fingerprint density at radius 1 is 0.785 bits per heavy atom. The number of hydrogen-bond donors (Lipinski definition) is 4. The van der Waals surface area contributed by atoms with Crippen molar-refractivity contribution in [1.29, 1.82) is 0 Å². The summed E-state index contributed by atoms with van der Waals surface area (Å²) in [4.78, 5) is 21.0. The van der Waals surface area contributed by atoms with Crippen molar-refractivity contribution in [2.75, 3.05) is 71.4 Å². The standard InChI is InChI=1S/C50H54Cl2N6O5S2/c1-34-31-44(19-20-45(34)53-39(33-64-43-9-4-3-5-10-43)21-24-56-25-22-42(59)23-26-56)65(62,63)54-38-15-17-40(18-16-38)57-27-29-58(30-28-57)41-8-6-7-36(32-41)46-47(35-11-13-37(51)14-12-35)49(52)55(2)48(46)50(60)61/h3-20,31-32,39,42,53-54,59H,21-30,33H2,1-2H3,(H,60,61)/t39-/m1/s1. The van der Waals surface area contributed by atoms with E-state index in [0.29, 0.717) is 27.0 Å². The van der Waals surface area contributed by atoms with Crippen molar-refractivity contribution in [3.8, 4) is 22.3 Å². The summed E-state index contributed by atoms with van der Waals surface area (Å²) < 4.78 is 31.6. The van der Waals surface area contributed by atoms with Crippen molar-refractivity contribution in [2.24, 2.45) is 7.05 Å². The Kier molecular flexibility index (Phi) is 14.7. The van der Waals surface area contributed by atoms with Gasteiger partial charge >= 0.3 is 5.97 Å². The number of nitrogens with zero attached hydrogens (tertiary/aromatic N) is 4. The molecule has 15 heteroatoms. The Bertz CT molecular complexity index is 2700. The number of piperazine rings is 1. The van der Waals surface area contributed by atoms with E-state index in [1.807, 2.05) is 79.7 Å².